The molecule has 0 aliphatic rings. The van der Waals surface area contributed by atoms with Crippen LogP contribution in [0.15, 0.2) is 18.2 Å². The average Bonchev–Trinajstić information content (AvgIpc) is 2.38. The number of aliphatic hydroxyl groups excluding tert-OH is 1. The molecule has 0 heterocycles. The number of aliphatic hydroxyl groups is 1. The summed E-state index contributed by atoms with van der Waals surface area (Å²) in [6.45, 7) is 3.40. The number of halogens is 1. The lowest BCUT2D eigenvalue weighted by atomic mass is 10.2. The number of benzene rings is 1. The van der Waals surface area contributed by atoms with Gasteiger partial charge in [0.1, 0.15) is 5.75 Å². The Morgan fingerprint density at radius 3 is 2.72 bits per heavy atom. The number of nitrogens with one attached hydrogen (secondary N) is 2. The molecule has 0 saturated heterocycles. The lowest BCUT2D eigenvalue weighted by molar-refractivity contribution is 0.292. The highest BCUT2D eigenvalue weighted by atomic mass is 35.5. The van der Waals surface area contributed by atoms with Crippen molar-refractivity contribution in [2.75, 3.05) is 33.4 Å². The van der Waals surface area contributed by atoms with E-state index in [0.29, 0.717) is 6.54 Å². The van der Waals surface area contributed by atoms with Gasteiger partial charge in [-0.3, -0.25) is 0 Å². The molecule has 0 saturated carbocycles. The van der Waals surface area contributed by atoms with E-state index in [0.717, 1.165) is 42.4 Å². The highest BCUT2D eigenvalue weighted by Gasteiger charge is 2.02. The zero-order valence-corrected chi connectivity index (χ0v) is 11.5. The van der Waals surface area contributed by atoms with Gasteiger partial charge in [0.2, 0.25) is 0 Å². The van der Waals surface area contributed by atoms with Crippen LogP contribution in [0.5, 0.6) is 5.75 Å². The van der Waals surface area contributed by atoms with Gasteiger partial charge in [0, 0.05) is 23.7 Å². The van der Waals surface area contributed by atoms with E-state index in [-0.39, 0.29) is 6.61 Å². The maximum absolute atomic E-state index is 8.60. The third-order valence-electron chi connectivity index (χ3n) is 2.55. The second-order valence-electron chi connectivity index (χ2n) is 3.96. The Bertz CT molecular complexity index is 348. The van der Waals surface area contributed by atoms with Crippen molar-refractivity contribution in [2.24, 2.45) is 0 Å². The van der Waals surface area contributed by atoms with E-state index in [9.17, 15) is 0 Å². The fraction of sp³-hybridized carbons (Fsp3) is 0.538. The van der Waals surface area contributed by atoms with Crippen molar-refractivity contribution >= 4 is 11.6 Å². The first-order valence-electron chi connectivity index (χ1n) is 6.12. The van der Waals surface area contributed by atoms with Crippen molar-refractivity contribution in [2.45, 2.75) is 13.0 Å². The van der Waals surface area contributed by atoms with E-state index in [1.165, 1.54) is 0 Å². The minimum Gasteiger partial charge on any atom is -0.496 e. The monoisotopic (exact) mass is 272 g/mol. The van der Waals surface area contributed by atoms with E-state index in [4.69, 9.17) is 21.4 Å². The molecule has 0 spiro atoms. The summed E-state index contributed by atoms with van der Waals surface area (Å²) in [5.41, 5.74) is 1.06. The largest absolute Gasteiger partial charge is 0.496 e. The zero-order chi connectivity index (χ0) is 13.2. The molecule has 0 amide bonds. The Labute approximate surface area is 113 Å². The van der Waals surface area contributed by atoms with Crippen LogP contribution in [0.25, 0.3) is 0 Å². The molecule has 18 heavy (non-hydrogen) atoms. The Balaban J connectivity index is 2.24. The molecule has 0 aromatic heterocycles. The highest BCUT2D eigenvalue weighted by molar-refractivity contribution is 6.30. The van der Waals surface area contributed by atoms with Gasteiger partial charge in [-0.05, 0) is 37.7 Å². The SMILES string of the molecule is COc1ccc(Cl)cc1CNCCCNCCO. The maximum atomic E-state index is 8.60. The fourth-order valence-corrected chi connectivity index (χ4v) is 1.85. The molecule has 0 unspecified atom stereocenters. The average molecular weight is 273 g/mol. The first-order valence-corrected chi connectivity index (χ1v) is 6.50. The van der Waals surface area contributed by atoms with Crippen LogP contribution >= 0.6 is 11.6 Å². The molecule has 5 heteroatoms. The molecule has 0 fully saturated rings. The van der Waals surface area contributed by atoms with E-state index in [1.54, 1.807) is 7.11 Å². The summed E-state index contributed by atoms with van der Waals surface area (Å²) in [6, 6.07) is 5.61. The number of methoxy groups -OCH3 is 1. The fourth-order valence-electron chi connectivity index (χ4n) is 1.65. The smallest absolute Gasteiger partial charge is 0.123 e. The van der Waals surface area contributed by atoms with Crippen LogP contribution in [0.2, 0.25) is 5.02 Å². The van der Waals surface area contributed by atoms with Gasteiger partial charge in [0.25, 0.3) is 0 Å². The molecule has 0 bridgehead atoms. The van der Waals surface area contributed by atoms with Crippen LogP contribution in [0.1, 0.15) is 12.0 Å². The van der Waals surface area contributed by atoms with Crippen molar-refractivity contribution < 1.29 is 9.84 Å². The molecule has 0 atom stereocenters. The predicted molar refractivity (Wildman–Crippen MR) is 74.3 cm³/mol. The van der Waals surface area contributed by atoms with Crippen molar-refractivity contribution in [3.63, 3.8) is 0 Å². The van der Waals surface area contributed by atoms with Crippen molar-refractivity contribution in [1.82, 2.24) is 10.6 Å². The van der Waals surface area contributed by atoms with Crippen LogP contribution in [0, 0.1) is 0 Å². The van der Waals surface area contributed by atoms with Crippen LogP contribution in [-0.4, -0.2) is 38.5 Å². The highest BCUT2D eigenvalue weighted by Crippen LogP contribution is 2.22. The second-order valence-corrected chi connectivity index (χ2v) is 4.40. The van der Waals surface area contributed by atoms with Crippen LogP contribution < -0.4 is 15.4 Å². The Hall–Kier alpha value is -0.810. The lowest BCUT2D eigenvalue weighted by Gasteiger charge is -2.10. The predicted octanol–water partition coefficient (Wildman–Crippen LogP) is 1.41. The van der Waals surface area contributed by atoms with Crippen molar-refractivity contribution in [3.05, 3.63) is 28.8 Å². The van der Waals surface area contributed by atoms with Gasteiger partial charge in [-0.1, -0.05) is 11.6 Å². The summed E-state index contributed by atoms with van der Waals surface area (Å²) >= 11 is 5.95. The summed E-state index contributed by atoms with van der Waals surface area (Å²) in [5.74, 6) is 0.852. The van der Waals surface area contributed by atoms with Gasteiger partial charge in [0.05, 0.1) is 13.7 Å². The molecule has 0 radical (unpaired) electrons. The molecule has 102 valence electrons. The molecule has 1 aromatic carbocycles. The number of rotatable bonds is 9. The summed E-state index contributed by atoms with van der Waals surface area (Å²) in [6.07, 6.45) is 1.02. The van der Waals surface area contributed by atoms with Crippen LogP contribution in [0.4, 0.5) is 0 Å². The van der Waals surface area contributed by atoms with E-state index in [1.807, 2.05) is 18.2 Å². The van der Waals surface area contributed by atoms with Gasteiger partial charge in [0.15, 0.2) is 0 Å². The number of hydrogen-bond acceptors (Lipinski definition) is 4. The minimum atomic E-state index is 0.188. The molecule has 1 aromatic rings. The van der Waals surface area contributed by atoms with E-state index in [2.05, 4.69) is 10.6 Å². The third-order valence-corrected chi connectivity index (χ3v) is 2.79. The molecule has 3 N–H and O–H groups in total. The molecule has 0 aliphatic heterocycles. The summed E-state index contributed by atoms with van der Waals surface area (Å²) in [4.78, 5) is 0. The first kappa shape index (κ1) is 15.2. The number of ether oxygens (including phenoxy) is 1. The summed E-state index contributed by atoms with van der Waals surface area (Å²) < 4.78 is 5.27. The Morgan fingerprint density at radius 1 is 1.22 bits per heavy atom. The minimum absolute atomic E-state index is 0.188. The third kappa shape index (κ3) is 5.69. The van der Waals surface area contributed by atoms with Crippen LogP contribution in [-0.2, 0) is 6.54 Å². The number of hydrogen-bond donors (Lipinski definition) is 3. The first-order chi connectivity index (χ1) is 8.77. The van der Waals surface area contributed by atoms with E-state index >= 15 is 0 Å². The van der Waals surface area contributed by atoms with Gasteiger partial charge in [-0.25, -0.2) is 0 Å². The van der Waals surface area contributed by atoms with Gasteiger partial charge in [-0.2, -0.15) is 0 Å². The summed E-state index contributed by atoms with van der Waals surface area (Å²) in [7, 11) is 1.66. The quantitative estimate of drug-likeness (QED) is 0.595. The Kier molecular flexibility index (Phi) is 7.76. The van der Waals surface area contributed by atoms with Crippen molar-refractivity contribution in [1.29, 1.82) is 0 Å². The summed E-state index contributed by atoms with van der Waals surface area (Å²) in [5, 5.41) is 15.8. The van der Waals surface area contributed by atoms with Crippen LogP contribution in [0.3, 0.4) is 0 Å². The second kappa shape index (κ2) is 9.16. The van der Waals surface area contributed by atoms with Gasteiger partial charge < -0.3 is 20.5 Å². The molecule has 1 rings (SSSR count). The topological polar surface area (TPSA) is 53.5 Å². The Morgan fingerprint density at radius 2 is 2.00 bits per heavy atom. The molecular weight excluding hydrogens is 252 g/mol. The normalized spacial score (nSPS) is 10.6. The molecular formula is C13H21ClN2O2. The zero-order valence-electron chi connectivity index (χ0n) is 10.7. The van der Waals surface area contributed by atoms with Gasteiger partial charge >= 0.3 is 0 Å². The lowest BCUT2D eigenvalue weighted by Crippen LogP contribution is -2.24. The van der Waals surface area contributed by atoms with Gasteiger partial charge in [-0.15, -0.1) is 0 Å². The van der Waals surface area contributed by atoms with Crippen molar-refractivity contribution in [3.8, 4) is 5.75 Å². The standard InChI is InChI=1S/C13H21ClN2O2/c1-18-13-4-3-12(14)9-11(13)10-16-6-2-5-15-7-8-17/h3-4,9,15-17H,2,5-8,10H2,1H3. The maximum Gasteiger partial charge on any atom is 0.123 e. The van der Waals surface area contributed by atoms with E-state index < -0.39 is 0 Å². The molecule has 0 aliphatic carbocycles. The molecule has 4 nitrogen and oxygen atoms in total.